The van der Waals surface area contributed by atoms with Crippen LogP contribution in [0.1, 0.15) is 16.1 Å². The van der Waals surface area contributed by atoms with Crippen molar-refractivity contribution in [2.24, 2.45) is 0 Å². The van der Waals surface area contributed by atoms with Crippen LogP contribution in [0.25, 0.3) is 0 Å². The number of hydrogen-bond donors (Lipinski definition) is 2. The molecule has 3 aromatic carbocycles. The second kappa shape index (κ2) is 9.80. The van der Waals surface area contributed by atoms with Gasteiger partial charge < -0.3 is 14.6 Å². The van der Waals surface area contributed by atoms with Crippen LogP contribution in [0.4, 0.5) is 15.8 Å². The van der Waals surface area contributed by atoms with Crippen LogP contribution in [0, 0.1) is 5.82 Å². The molecule has 0 saturated heterocycles. The highest BCUT2D eigenvalue weighted by molar-refractivity contribution is 7.92. The summed E-state index contributed by atoms with van der Waals surface area (Å²) in [5.74, 6) is -0.632. The number of nitrogens with one attached hydrogen (secondary N) is 2. The Bertz CT molecular complexity index is 1400. The summed E-state index contributed by atoms with van der Waals surface area (Å²) in [5, 5.41) is 2.80. The van der Waals surface area contributed by atoms with E-state index in [9.17, 15) is 17.6 Å². The minimum atomic E-state index is -4.01. The van der Waals surface area contributed by atoms with Crippen molar-refractivity contribution in [3.05, 3.63) is 108 Å². The second-order valence-electron chi connectivity index (χ2n) is 7.44. The Morgan fingerprint density at radius 1 is 0.971 bits per heavy atom. The maximum absolute atomic E-state index is 13.2. The van der Waals surface area contributed by atoms with Crippen molar-refractivity contribution in [2.45, 2.75) is 11.4 Å². The lowest BCUT2D eigenvalue weighted by Crippen LogP contribution is -2.18. The first-order valence-corrected chi connectivity index (χ1v) is 11.8. The number of methoxy groups -OCH3 is 1. The highest BCUT2D eigenvalue weighted by Crippen LogP contribution is 2.30. The molecule has 2 N–H and O–H groups in total. The van der Waals surface area contributed by atoms with E-state index in [0.717, 1.165) is 29.8 Å². The van der Waals surface area contributed by atoms with Crippen LogP contribution in [-0.4, -0.2) is 26.0 Å². The van der Waals surface area contributed by atoms with Gasteiger partial charge in [0.25, 0.3) is 15.9 Å². The fraction of sp³-hybridized carbons (Fsp3) is 0.0800. The number of benzene rings is 3. The van der Waals surface area contributed by atoms with Crippen molar-refractivity contribution in [3.8, 4) is 5.75 Å². The van der Waals surface area contributed by atoms with Gasteiger partial charge in [-0.05, 0) is 60.2 Å². The van der Waals surface area contributed by atoms with Gasteiger partial charge in [0.2, 0.25) is 0 Å². The number of anilines is 2. The standard InChI is InChI=1S/C25H22FN3O4S/c1-33-24-14-11-20(16-22(24)28-34(31,32)21-12-9-19(26)10-13-21)27-25(30)23-8-5-15-29(23)17-18-6-3-2-4-7-18/h2-16,28H,17H2,1H3,(H,27,30). The van der Waals surface area contributed by atoms with Gasteiger partial charge in [-0.15, -0.1) is 0 Å². The maximum atomic E-state index is 13.2. The first-order chi connectivity index (χ1) is 16.4. The highest BCUT2D eigenvalue weighted by Gasteiger charge is 2.18. The van der Waals surface area contributed by atoms with Crippen LogP contribution in [0.5, 0.6) is 5.75 Å². The maximum Gasteiger partial charge on any atom is 0.272 e. The van der Waals surface area contributed by atoms with Crippen LogP contribution in [0.2, 0.25) is 0 Å². The molecule has 0 atom stereocenters. The van der Waals surface area contributed by atoms with Gasteiger partial charge in [0.05, 0.1) is 17.7 Å². The molecule has 0 aliphatic heterocycles. The summed E-state index contributed by atoms with van der Waals surface area (Å²) in [4.78, 5) is 12.8. The Kier molecular flexibility index (Phi) is 6.65. The molecule has 0 unspecified atom stereocenters. The first-order valence-electron chi connectivity index (χ1n) is 10.3. The zero-order valence-electron chi connectivity index (χ0n) is 18.2. The quantitative estimate of drug-likeness (QED) is 0.382. The van der Waals surface area contributed by atoms with Crippen LogP contribution in [-0.2, 0) is 16.6 Å². The van der Waals surface area contributed by atoms with Crippen molar-refractivity contribution in [1.82, 2.24) is 4.57 Å². The van der Waals surface area contributed by atoms with Crippen LogP contribution in [0.3, 0.4) is 0 Å². The zero-order chi connectivity index (χ0) is 24.1. The molecule has 1 amide bonds. The van der Waals surface area contributed by atoms with Gasteiger partial charge in [0, 0.05) is 18.4 Å². The smallest absolute Gasteiger partial charge is 0.272 e. The molecule has 0 aliphatic carbocycles. The molecule has 0 saturated carbocycles. The third-order valence-electron chi connectivity index (χ3n) is 5.08. The summed E-state index contributed by atoms with van der Waals surface area (Å²) in [6.45, 7) is 0.530. The van der Waals surface area contributed by atoms with Gasteiger partial charge in [-0.1, -0.05) is 30.3 Å². The van der Waals surface area contributed by atoms with E-state index in [4.69, 9.17) is 4.74 Å². The number of rotatable bonds is 8. The number of nitrogens with zero attached hydrogens (tertiary/aromatic N) is 1. The van der Waals surface area contributed by atoms with E-state index in [1.165, 1.54) is 13.2 Å². The molecule has 0 spiro atoms. The Labute approximate surface area is 196 Å². The summed E-state index contributed by atoms with van der Waals surface area (Å²) in [5.41, 5.74) is 2.00. The summed E-state index contributed by atoms with van der Waals surface area (Å²) in [7, 11) is -2.60. The number of halogens is 1. The van der Waals surface area contributed by atoms with Gasteiger partial charge in [0.15, 0.2) is 0 Å². The van der Waals surface area contributed by atoms with Crippen molar-refractivity contribution in [2.75, 3.05) is 17.1 Å². The fourth-order valence-corrected chi connectivity index (χ4v) is 4.48. The van der Waals surface area contributed by atoms with E-state index in [0.29, 0.717) is 17.9 Å². The molecule has 0 radical (unpaired) electrons. The molecule has 4 rings (SSSR count). The lowest BCUT2D eigenvalue weighted by atomic mass is 10.2. The number of amides is 1. The third kappa shape index (κ3) is 5.26. The number of aromatic nitrogens is 1. The van der Waals surface area contributed by atoms with Crippen LogP contribution >= 0.6 is 0 Å². The molecule has 7 nitrogen and oxygen atoms in total. The highest BCUT2D eigenvalue weighted by atomic mass is 32.2. The summed E-state index contributed by atoms with van der Waals surface area (Å²) in [6, 6.07) is 22.3. The Morgan fingerprint density at radius 3 is 2.41 bits per heavy atom. The molecule has 34 heavy (non-hydrogen) atoms. The fourth-order valence-electron chi connectivity index (χ4n) is 3.42. The van der Waals surface area contributed by atoms with E-state index < -0.39 is 15.8 Å². The number of carbonyl (C=O) groups excluding carboxylic acids is 1. The van der Waals surface area contributed by atoms with Crippen LogP contribution < -0.4 is 14.8 Å². The first kappa shape index (κ1) is 23.1. The molecule has 1 aromatic heterocycles. The molecule has 4 aromatic rings. The minimum absolute atomic E-state index is 0.107. The average Bonchev–Trinajstić information content (AvgIpc) is 3.28. The number of ether oxygens (including phenoxy) is 1. The lowest BCUT2D eigenvalue weighted by Gasteiger charge is -2.15. The van der Waals surface area contributed by atoms with Gasteiger partial charge in [-0.3, -0.25) is 9.52 Å². The SMILES string of the molecule is COc1ccc(NC(=O)c2cccn2Cc2ccccc2)cc1NS(=O)(=O)c1ccc(F)cc1. The predicted molar refractivity (Wildman–Crippen MR) is 128 cm³/mol. The monoisotopic (exact) mass is 479 g/mol. The Morgan fingerprint density at radius 2 is 1.71 bits per heavy atom. The molecule has 174 valence electrons. The van der Waals surface area contributed by atoms with E-state index >= 15 is 0 Å². The molecule has 0 fully saturated rings. The van der Waals surface area contributed by atoms with E-state index in [1.54, 1.807) is 24.3 Å². The number of carbonyl (C=O) groups is 1. The van der Waals surface area contributed by atoms with Crippen molar-refractivity contribution in [3.63, 3.8) is 0 Å². The third-order valence-corrected chi connectivity index (χ3v) is 6.46. The Balaban J connectivity index is 1.55. The Hall–Kier alpha value is -4.11. The molecule has 1 heterocycles. The van der Waals surface area contributed by atoms with E-state index in [1.807, 2.05) is 41.1 Å². The van der Waals surface area contributed by atoms with Gasteiger partial charge in [-0.25, -0.2) is 12.8 Å². The summed E-state index contributed by atoms with van der Waals surface area (Å²) >= 11 is 0. The van der Waals surface area contributed by atoms with Crippen molar-refractivity contribution >= 4 is 27.3 Å². The zero-order valence-corrected chi connectivity index (χ0v) is 19.1. The van der Waals surface area contributed by atoms with Gasteiger partial charge in [-0.2, -0.15) is 0 Å². The van der Waals surface area contributed by atoms with Crippen LogP contribution in [0.15, 0.2) is 96.0 Å². The summed E-state index contributed by atoms with van der Waals surface area (Å²) in [6.07, 6.45) is 1.82. The normalized spacial score (nSPS) is 11.1. The lowest BCUT2D eigenvalue weighted by molar-refractivity contribution is 0.101. The van der Waals surface area contributed by atoms with Gasteiger partial charge >= 0.3 is 0 Å². The topological polar surface area (TPSA) is 89.4 Å². The van der Waals surface area contributed by atoms with Gasteiger partial charge in [0.1, 0.15) is 17.3 Å². The number of sulfonamides is 1. The molecule has 0 aliphatic rings. The van der Waals surface area contributed by atoms with E-state index in [2.05, 4.69) is 10.0 Å². The van der Waals surface area contributed by atoms with Crippen molar-refractivity contribution < 1.29 is 22.3 Å². The molecular weight excluding hydrogens is 457 g/mol. The molecule has 0 bridgehead atoms. The second-order valence-corrected chi connectivity index (χ2v) is 9.12. The van der Waals surface area contributed by atoms with Crippen molar-refractivity contribution in [1.29, 1.82) is 0 Å². The predicted octanol–water partition coefficient (Wildman–Crippen LogP) is 4.74. The summed E-state index contributed by atoms with van der Waals surface area (Å²) < 4.78 is 48.2. The molecular formula is C25H22FN3O4S. The minimum Gasteiger partial charge on any atom is -0.495 e. The van der Waals surface area contributed by atoms with E-state index in [-0.39, 0.29) is 22.2 Å². The average molecular weight is 480 g/mol. The largest absolute Gasteiger partial charge is 0.495 e. The number of hydrogen-bond acceptors (Lipinski definition) is 4. The molecule has 9 heteroatoms.